The van der Waals surface area contributed by atoms with Crippen LogP contribution in [0, 0.1) is 5.82 Å². The minimum absolute atomic E-state index is 0.119. The lowest BCUT2D eigenvalue weighted by Gasteiger charge is -2.30. The molecule has 1 aromatic carbocycles. The lowest BCUT2D eigenvalue weighted by Crippen LogP contribution is -2.39. The van der Waals surface area contributed by atoms with Gasteiger partial charge in [-0.15, -0.1) is 0 Å². The van der Waals surface area contributed by atoms with E-state index in [1.165, 1.54) is 6.07 Å². The van der Waals surface area contributed by atoms with Crippen molar-refractivity contribution in [2.24, 2.45) is 5.73 Å². The number of nitrogens with two attached hydrogens (primary N) is 1. The Kier molecular flexibility index (Phi) is 2.52. The summed E-state index contributed by atoms with van der Waals surface area (Å²) < 4.78 is 13.1. The van der Waals surface area contributed by atoms with Crippen LogP contribution in [0.25, 0.3) is 0 Å². The predicted octanol–water partition coefficient (Wildman–Crippen LogP) is 1.92. The van der Waals surface area contributed by atoms with Crippen LogP contribution in [0.2, 0.25) is 0 Å². The van der Waals surface area contributed by atoms with E-state index in [4.69, 9.17) is 5.73 Å². The van der Waals surface area contributed by atoms with Crippen LogP contribution in [0.5, 0.6) is 0 Å². The van der Waals surface area contributed by atoms with Gasteiger partial charge in [-0.25, -0.2) is 4.39 Å². The van der Waals surface area contributed by atoms with E-state index >= 15 is 0 Å². The lowest BCUT2D eigenvalue weighted by atomic mass is 9.97. The maximum Gasteiger partial charge on any atom is 0.123 e. The minimum Gasteiger partial charge on any atom is -0.323 e. The Morgan fingerprint density at radius 1 is 1.40 bits per heavy atom. The molecule has 0 spiro atoms. The molecule has 1 fully saturated rings. The monoisotopic (exact) mass is 208 g/mol. The van der Waals surface area contributed by atoms with Gasteiger partial charge in [0, 0.05) is 5.54 Å². The summed E-state index contributed by atoms with van der Waals surface area (Å²) in [5.74, 6) is -0.191. The Labute approximate surface area is 89.9 Å². The van der Waals surface area contributed by atoms with E-state index in [-0.39, 0.29) is 17.4 Å². The summed E-state index contributed by atoms with van der Waals surface area (Å²) in [6.07, 6.45) is 2.04. The van der Waals surface area contributed by atoms with E-state index in [0.717, 1.165) is 18.4 Å². The maximum absolute atomic E-state index is 13.1. The molecule has 1 saturated carbocycles. The highest BCUT2D eigenvalue weighted by Crippen LogP contribution is 2.45. The molecule has 1 aliphatic rings. The number of halogens is 1. The van der Waals surface area contributed by atoms with Crippen molar-refractivity contribution >= 4 is 0 Å². The average Bonchev–Trinajstić information content (AvgIpc) is 2.83. The maximum atomic E-state index is 13.1. The van der Waals surface area contributed by atoms with Gasteiger partial charge in [0.25, 0.3) is 0 Å². The van der Waals surface area contributed by atoms with Crippen LogP contribution in [0.1, 0.15) is 24.4 Å². The molecule has 15 heavy (non-hydrogen) atoms. The van der Waals surface area contributed by atoms with E-state index in [2.05, 4.69) is 4.90 Å². The first-order chi connectivity index (χ1) is 7.03. The van der Waals surface area contributed by atoms with E-state index < -0.39 is 0 Å². The molecule has 2 N–H and O–H groups in total. The lowest BCUT2D eigenvalue weighted by molar-refractivity contribution is 0.245. The van der Waals surface area contributed by atoms with Crippen LogP contribution in [0.4, 0.5) is 4.39 Å². The van der Waals surface area contributed by atoms with Gasteiger partial charge in [0.15, 0.2) is 0 Å². The van der Waals surface area contributed by atoms with Gasteiger partial charge in [-0.1, -0.05) is 12.1 Å². The molecule has 0 radical (unpaired) electrons. The molecule has 0 heterocycles. The van der Waals surface area contributed by atoms with Crippen LogP contribution in [0.3, 0.4) is 0 Å². The van der Waals surface area contributed by atoms with E-state index in [0.29, 0.717) is 0 Å². The average molecular weight is 208 g/mol. The van der Waals surface area contributed by atoms with Crippen molar-refractivity contribution in [3.63, 3.8) is 0 Å². The fourth-order valence-electron chi connectivity index (χ4n) is 2.24. The van der Waals surface area contributed by atoms with Crippen molar-refractivity contribution < 1.29 is 4.39 Å². The van der Waals surface area contributed by atoms with Crippen LogP contribution in [0.15, 0.2) is 24.3 Å². The summed E-state index contributed by atoms with van der Waals surface area (Å²) in [4.78, 5) is 2.07. The van der Waals surface area contributed by atoms with Crippen LogP contribution in [-0.2, 0) is 0 Å². The number of benzene rings is 1. The summed E-state index contributed by atoms with van der Waals surface area (Å²) >= 11 is 0. The van der Waals surface area contributed by atoms with E-state index in [1.54, 1.807) is 12.1 Å². The summed E-state index contributed by atoms with van der Waals surface area (Å²) in [7, 11) is 3.98. The molecular weight excluding hydrogens is 191 g/mol. The zero-order valence-electron chi connectivity index (χ0n) is 9.20. The highest BCUT2D eigenvalue weighted by molar-refractivity contribution is 5.27. The largest absolute Gasteiger partial charge is 0.323 e. The quantitative estimate of drug-likeness (QED) is 0.822. The molecule has 0 saturated heterocycles. The van der Waals surface area contributed by atoms with Gasteiger partial charge in [0.1, 0.15) is 5.82 Å². The normalized spacial score (nSPS) is 20.3. The van der Waals surface area contributed by atoms with Crippen LogP contribution < -0.4 is 5.73 Å². The molecule has 0 amide bonds. The van der Waals surface area contributed by atoms with Gasteiger partial charge >= 0.3 is 0 Å². The second-order valence-corrected chi connectivity index (χ2v) is 4.65. The third kappa shape index (κ3) is 2.03. The molecule has 82 valence electrons. The Bertz CT molecular complexity index is 358. The van der Waals surface area contributed by atoms with Gasteiger partial charge in [0.2, 0.25) is 0 Å². The van der Waals surface area contributed by atoms with E-state index in [9.17, 15) is 4.39 Å². The van der Waals surface area contributed by atoms with Crippen molar-refractivity contribution in [1.82, 2.24) is 4.90 Å². The molecular formula is C12H17FN2. The number of hydrogen-bond acceptors (Lipinski definition) is 2. The first-order valence-corrected chi connectivity index (χ1v) is 5.24. The molecule has 3 heteroatoms. The number of nitrogens with zero attached hydrogens (tertiary/aromatic N) is 1. The van der Waals surface area contributed by atoms with Crippen LogP contribution >= 0.6 is 0 Å². The van der Waals surface area contributed by atoms with Crippen LogP contribution in [-0.4, -0.2) is 24.5 Å². The Morgan fingerprint density at radius 3 is 2.53 bits per heavy atom. The third-order valence-electron chi connectivity index (χ3n) is 3.05. The zero-order valence-corrected chi connectivity index (χ0v) is 9.20. The number of hydrogen-bond donors (Lipinski definition) is 1. The molecule has 1 atom stereocenters. The van der Waals surface area contributed by atoms with Crippen molar-refractivity contribution in [2.75, 3.05) is 14.1 Å². The fourth-order valence-corrected chi connectivity index (χ4v) is 2.24. The molecule has 1 aromatic rings. The standard InChI is InChI=1S/C12H17FN2/c1-15(2)11(12(14)6-7-12)9-4-3-5-10(13)8-9/h3-5,8,11H,6-7,14H2,1-2H3. The first-order valence-electron chi connectivity index (χ1n) is 5.24. The van der Waals surface area contributed by atoms with Crippen molar-refractivity contribution in [2.45, 2.75) is 24.4 Å². The third-order valence-corrected chi connectivity index (χ3v) is 3.05. The van der Waals surface area contributed by atoms with Gasteiger partial charge in [-0.3, -0.25) is 0 Å². The van der Waals surface area contributed by atoms with Gasteiger partial charge < -0.3 is 10.6 Å². The van der Waals surface area contributed by atoms with Crippen molar-refractivity contribution in [1.29, 1.82) is 0 Å². The summed E-state index contributed by atoms with van der Waals surface area (Å²) in [5.41, 5.74) is 7.03. The molecule has 1 unspecified atom stereocenters. The molecule has 0 aromatic heterocycles. The fraction of sp³-hybridized carbons (Fsp3) is 0.500. The first kappa shape index (κ1) is 10.6. The summed E-state index contributed by atoms with van der Waals surface area (Å²) in [6.45, 7) is 0. The minimum atomic E-state index is -0.191. The second-order valence-electron chi connectivity index (χ2n) is 4.65. The topological polar surface area (TPSA) is 29.3 Å². The second kappa shape index (κ2) is 3.58. The summed E-state index contributed by atoms with van der Waals surface area (Å²) in [6, 6.07) is 6.85. The van der Waals surface area contributed by atoms with Crippen molar-refractivity contribution in [3.05, 3.63) is 35.6 Å². The molecule has 1 aliphatic carbocycles. The number of rotatable bonds is 3. The van der Waals surface area contributed by atoms with E-state index in [1.807, 2.05) is 20.2 Å². The highest BCUT2D eigenvalue weighted by Gasteiger charge is 2.47. The van der Waals surface area contributed by atoms with Gasteiger partial charge in [0.05, 0.1) is 6.04 Å². The van der Waals surface area contributed by atoms with Crippen molar-refractivity contribution in [3.8, 4) is 0 Å². The molecule has 0 bridgehead atoms. The smallest absolute Gasteiger partial charge is 0.123 e. The Balaban J connectivity index is 2.33. The molecule has 2 rings (SSSR count). The zero-order chi connectivity index (χ0) is 11.1. The van der Waals surface area contributed by atoms with Gasteiger partial charge in [-0.05, 0) is 44.6 Å². The SMILES string of the molecule is CN(C)C(c1cccc(F)c1)C1(N)CC1. The highest BCUT2D eigenvalue weighted by atomic mass is 19.1. The Morgan fingerprint density at radius 2 is 2.07 bits per heavy atom. The predicted molar refractivity (Wildman–Crippen MR) is 59.0 cm³/mol. The summed E-state index contributed by atoms with van der Waals surface area (Å²) in [5, 5.41) is 0. The molecule has 2 nitrogen and oxygen atoms in total. The Hall–Kier alpha value is -0.930. The molecule has 0 aliphatic heterocycles. The van der Waals surface area contributed by atoms with Gasteiger partial charge in [-0.2, -0.15) is 0 Å². The number of likely N-dealkylation sites (N-methyl/N-ethyl adjacent to an activating group) is 1.